The third kappa shape index (κ3) is 5.20. The zero-order chi connectivity index (χ0) is 22.8. The van der Waals surface area contributed by atoms with Gasteiger partial charge in [-0.2, -0.15) is 8.78 Å². The summed E-state index contributed by atoms with van der Waals surface area (Å²) in [6.07, 6.45) is -3.17. The van der Waals surface area contributed by atoms with E-state index in [4.69, 9.17) is 11.6 Å². The van der Waals surface area contributed by atoms with Crippen molar-refractivity contribution in [3.05, 3.63) is 34.2 Å². The minimum Gasteiger partial charge on any atom is -0.427 e. The number of anilines is 2. The van der Waals surface area contributed by atoms with Crippen LogP contribution in [0.1, 0.15) is 55.3 Å². The average molecular weight is 478 g/mol. The number of aromatic nitrogens is 3. The fourth-order valence-electron chi connectivity index (χ4n) is 3.12. The van der Waals surface area contributed by atoms with Crippen LogP contribution in [-0.2, 0) is 17.4 Å². The second-order valence-corrected chi connectivity index (χ2v) is 8.84. The van der Waals surface area contributed by atoms with E-state index in [1.54, 1.807) is 26.0 Å². The molecule has 0 spiro atoms. The van der Waals surface area contributed by atoms with Gasteiger partial charge in [-0.25, -0.2) is 23.6 Å². The lowest BCUT2D eigenvalue weighted by atomic mass is 10.0. The van der Waals surface area contributed by atoms with E-state index in [9.17, 15) is 17.4 Å². The SMILES string of the molecule is CCc1nc(NS(=O)C2CNc3nc(Cl)ccc32)nc(C(C)CC)c1OC(F)(F)CF. The first kappa shape index (κ1) is 23.5. The number of ether oxygens (including phenoxy) is 1. The van der Waals surface area contributed by atoms with Crippen molar-refractivity contribution in [3.8, 4) is 5.75 Å². The van der Waals surface area contributed by atoms with Crippen molar-refractivity contribution in [2.75, 3.05) is 23.3 Å². The molecular weight excluding hydrogens is 455 g/mol. The van der Waals surface area contributed by atoms with E-state index in [1.807, 2.05) is 6.92 Å². The molecule has 0 amide bonds. The van der Waals surface area contributed by atoms with Gasteiger partial charge in [0.25, 0.3) is 0 Å². The number of fused-ring (bicyclic) bond motifs is 1. The first-order chi connectivity index (χ1) is 14.7. The second-order valence-electron chi connectivity index (χ2n) is 7.08. The normalized spacial score (nSPS) is 17.6. The van der Waals surface area contributed by atoms with Gasteiger partial charge in [-0.1, -0.05) is 38.4 Å². The van der Waals surface area contributed by atoms with Crippen molar-refractivity contribution >= 4 is 34.4 Å². The highest BCUT2D eigenvalue weighted by Crippen LogP contribution is 2.36. The third-order valence-electron chi connectivity index (χ3n) is 4.93. The molecule has 1 aliphatic rings. The zero-order valence-corrected chi connectivity index (χ0v) is 18.8. The van der Waals surface area contributed by atoms with Crippen molar-refractivity contribution in [2.24, 2.45) is 0 Å². The first-order valence-corrected chi connectivity index (χ1v) is 11.4. The smallest absolute Gasteiger partial charge is 0.427 e. The molecule has 2 N–H and O–H groups in total. The number of hydrogen-bond donors (Lipinski definition) is 2. The third-order valence-corrected chi connectivity index (χ3v) is 6.46. The molecule has 0 fully saturated rings. The molecule has 3 atom stereocenters. The lowest BCUT2D eigenvalue weighted by Gasteiger charge is -2.22. The predicted octanol–water partition coefficient (Wildman–Crippen LogP) is 4.78. The van der Waals surface area contributed by atoms with E-state index in [2.05, 4.69) is 29.7 Å². The van der Waals surface area contributed by atoms with Crippen molar-refractivity contribution in [1.29, 1.82) is 0 Å². The largest absolute Gasteiger partial charge is 0.427 e. The molecular formula is C19H23ClF3N5O2S. The molecule has 2 aromatic heterocycles. The molecule has 0 aliphatic carbocycles. The molecule has 0 saturated heterocycles. The fourth-order valence-corrected chi connectivity index (χ4v) is 4.33. The van der Waals surface area contributed by atoms with Crippen LogP contribution in [0.4, 0.5) is 24.9 Å². The summed E-state index contributed by atoms with van der Waals surface area (Å²) in [7, 11) is -1.64. The summed E-state index contributed by atoms with van der Waals surface area (Å²) < 4.78 is 60.4. The maximum atomic E-state index is 13.6. The van der Waals surface area contributed by atoms with Crippen molar-refractivity contribution < 1.29 is 22.1 Å². The number of nitrogens with zero attached hydrogens (tertiary/aromatic N) is 3. The molecule has 170 valence electrons. The molecule has 7 nitrogen and oxygen atoms in total. The molecule has 3 heterocycles. The van der Waals surface area contributed by atoms with Crippen LogP contribution in [0.15, 0.2) is 12.1 Å². The highest BCUT2D eigenvalue weighted by Gasteiger charge is 2.35. The summed E-state index contributed by atoms with van der Waals surface area (Å²) in [5.74, 6) is 0.0764. The van der Waals surface area contributed by atoms with Crippen LogP contribution in [0.2, 0.25) is 5.15 Å². The van der Waals surface area contributed by atoms with E-state index in [0.29, 0.717) is 23.9 Å². The van der Waals surface area contributed by atoms with Crippen molar-refractivity contribution in [3.63, 3.8) is 0 Å². The van der Waals surface area contributed by atoms with Crippen LogP contribution >= 0.6 is 11.6 Å². The van der Waals surface area contributed by atoms with Gasteiger partial charge in [0.1, 0.15) is 27.2 Å². The van der Waals surface area contributed by atoms with Crippen LogP contribution in [0, 0.1) is 0 Å². The highest BCUT2D eigenvalue weighted by molar-refractivity contribution is 7.86. The predicted molar refractivity (Wildman–Crippen MR) is 114 cm³/mol. The quantitative estimate of drug-likeness (QED) is 0.505. The number of hydrogen-bond acceptors (Lipinski definition) is 6. The number of aryl methyl sites for hydroxylation is 1. The molecule has 1 aliphatic heterocycles. The number of rotatable bonds is 9. The molecule has 31 heavy (non-hydrogen) atoms. The minimum atomic E-state index is -3.99. The summed E-state index contributed by atoms with van der Waals surface area (Å²) in [6.45, 7) is 3.75. The number of halogens is 4. The van der Waals surface area contributed by atoms with Gasteiger partial charge in [0.2, 0.25) is 5.95 Å². The molecule has 0 aromatic carbocycles. The van der Waals surface area contributed by atoms with Gasteiger partial charge in [-0.05, 0) is 18.9 Å². The Hall–Kier alpha value is -2.14. The topological polar surface area (TPSA) is 89.0 Å². The van der Waals surface area contributed by atoms with Gasteiger partial charge >= 0.3 is 6.11 Å². The summed E-state index contributed by atoms with van der Waals surface area (Å²) in [5.41, 5.74) is 1.12. The minimum absolute atomic E-state index is 0.0248. The molecule has 3 unspecified atom stereocenters. The Bertz CT molecular complexity index is 982. The Balaban J connectivity index is 1.92. The monoisotopic (exact) mass is 477 g/mol. The number of alkyl halides is 3. The van der Waals surface area contributed by atoms with Crippen LogP contribution in [-0.4, -0.2) is 38.5 Å². The molecule has 0 bridgehead atoms. The molecule has 3 rings (SSSR count). The van der Waals surface area contributed by atoms with Gasteiger partial charge in [0.05, 0.1) is 11.4 Å². The Labute approximate surface area is 185 Å². The number of nitrogens with one attached hydrogen (secondary N) is 2. The summed E-state index contributed by atoms with van der Waals surface area (Å²) in [5, 5.41) is 2.93. The Morgan fingerprint density at radius 2 is 2.10 bits per heavy atom. The highest BCUT2D eigenvalue weighted by atomic mass is 35.5. The molecule has 2 aromatic rings. The average Bonchev–Trinajstić information content (AvgIpc) is 3.16. The van der Waals surface area contributed by atoms with Gasteiger partial charge in [-0.15, -0.1) is 0 Å². The Morgan fingerprint density at radius 3 is 2.74 bits per heavy atom. The van der Waals surface area contributed by atoms with Crippen molar-refractivity contribution in [1.82, 2.24) is 15.0 Å². The van der Waals surface area contributed by atoms with Gasteiger partial charge in [0.15, 0.2) is 12.4 Å². The summed E-state index contributed by atoms with van der Waals surface area (Å²) in [4.78, 5) is 12.7. The van der Waals surface area contributed by atoms with E-state index in [-0.39, 0.29) is 35.4 Å². The van der Waals surface area contributed by atoms with Crippen LogP contribution in [0.3, 0.4) is 0 Å². The van der Waals surface area contributed by atoms with Gasteiger partial charge in [0, 0.05) is 18.0 Å². The maximum absolute atomic E-state index is 13.6. The number of pyridine rings is 1. The van der Waals surface area contributed by atoms with E-state index < -0.39 is 29.0 Å². The standard InChI is InChI=1S/C19H23ClF3N5O2S/c1-4-10(3)15-16(30-19(22,23)9-21)12(5-2)25-18(27-15)28-31(29)13-8-24-17-11(13)6-7-14(20)26-17/h6-7,10,13H,4-5,8-9H2,1-3H3,(H,24,26)(H,25,27,28). The van der Waals surface area contributed by atoms with Crippen molar-refractivity contribution in [2.45, 2.75) is 50.9 Å². The lowest BCUT2D eigenvalue weighted by molar-refractivity contribution is -0.187. The Morgan fingerprint density at radius 1 is 1.35 bits per heavy atom. The second kappa shape index (κ2) is 9.56. The first-order valence-electron chi connectivity index (χ1n) is 9.80. The lowest BCUT2D eigenvalue weighted by Crippen LogP contribution is -2.29. The summed E-state index contributed by atoms with van der Waals surface area (Å²) >= 11 is 5.89. The van der Waals surface area contributed by atoms with E-state index >= 15 is 0 Å². The van der Waals surface area contributed by atoms with Crippen LogP contribution in [0.5, 0.6) is 5.75 Å². The molecule has 12 heteroatoms. The van der Waals surface area contributed by atoms with Gasteiger partial charge in [-0.3, -0.25) is 4.72 Å². The molecule has 0 saturated carbocycles. The fraction of sp³-hybridized carbons (Fsp3) is 0.526. The van der Waals surface area contributed by atoms with Gasteiger partial charge < -0.3 is 10.1 Å². The van der Waals surface area contributed by atoms with E-state index in [0.717, 1.165) is 5.56 Å². The summed E-state index contributed by atoms with van der Waals surface area (Å²) in [6, 6.07) is 3.36. The zero-order valence-electron chi connectivity index (χ0n) is 17.2. The maximum Gasteiger partial charge on any atom is 0.427 e. The Kier molecular flexibility index (Phi) is 7.25. The molecule has 0 radical (unpaired) electrons. The van der Waals surface area contributed by atoms with Crippen LogP contribution in [0.25, 0.3) is 0 Å². The van der Waals surface area contributed by atoms with E-state index in [1.165, 1.54) is 0 Å². The van der Waals surface area contributed by atoms with Crippen LogP contribution < -0.4 is 14.8 Å².